The van der Waals surface area contributed by atoms with Crippen molar-refractivity contribution < 1.29 is 4.74 Å². The molecule has 0 amide bonds. The summed E-state index contributed by atoms with van der Waals surface area (Å²) in [7, 11) is 3.84. The average molecular weight is 220 g/mol. The first-order valence-corrected chi connectivity index (χ1v) is 5.77. The largest absolute Gasteiger partial charge is 0.497 e. The molecule has 0 bridgehead atoms. The molecule has 1 N–H and O–H groups in total. The molecule has 1 unspecified atom stereocenters. The number of anilines is 2. The Balaban J connectivity index is 2.31. The highest BCUT2D eigenvalue weighted by atomic mass is 16.5. The number of methoxy groups -OCH3 is 1. The lowest BCUT2D eigenvalue weighted by atomic mass is 10.0. The summed E-state index contributed by atoms with van der Waals surface area (Å²) >= 11 is 0. The Hall–Kier alpha value is -1.38. The fourth-order valence-corrected chi connectivity index (χ4v) is 2.11. The molecule has 0 fully saturated rings. The third kappa shape index (κ3) is 1.94. The van der Waals surface area contributed by atoms with E-state index in [-0.39, 0.29) is 0 Å². The van der Waals surface area contributed by atoms with Gasteiger partial charge in [-0.15, -0.1) is 0 Å². The second kappa shape index (κ2) is 4.24. The van der Waals surface area contributed by atoms with Crippen LogP contribution in [0.3, 0.4) is 0 Å². The lowest BCUT2D eigenvalue weighted by molar-refractivity contribution is 0.414. The molecule has 1 aromatic carbocycles. The molecule has 1 aromatic rings. The molecule has 1 aliphatic rings. The molecule has 0 aromatic heterocycles. The average Bonchev–Trinajstić information content (AvgIpc) is 2.28. The van der Waals surface area contributed by atoms with Crippen molar-refractivity contribution in [1.29, 1.82) is 0 Å². The van der Waals surface area contributed by atoms with Gasteiger partial charge in [-0.2, -0.15) is 0 Å². The molecule has 3 nitrogen and oxygen atoms in total. The third-order valence-corrected chi connectivity index (χ3v) is 3.23. The molecule has 1 aliphatic heterocycles. The minimum atomic E-state index is 0.504. The van der Waals surface area contributed by atoms with Gasteiger partial charge >= 0.3 is 0 Å². The molecule has 0 spiro atoms. The highest BCUT2D eigenvalue weighted by Crippen LogP contribution is 2.34. The smallest absolute Gasteiger partial charge is 0.121 e. The van der Waals surface area contributed by atoms with Crippen LogP contribution in [-0.4, -0.2) is 26.7 Å². The summed E-state index contributed by atoms with van der Waals surface area (Å²) in [6.45, 7) is 5.55. The first kappa shape index (κ1) is 11.1. The molecule has 16 heavy (non-hydrogen) atoms. The highest BCUT2D eigenvalue weighted by molar-refractivity contribution is 5.74. The van der Waals surface area contributed by atoms with Crippen molar-refractivity contribution in [3.8, 4) is 5.75 Å². The molecule has 0 radical (unpaired) electrons. The number of benzene rings is 1. The van der Waals surface area contributed by atoms with Crippen molar-refractivity contribution in [3.63, 3.8) is 0 Å². The molecule has 0 saturated carbocycles. The van der Waals surface area contributed by atoms with Crippen LogP contribution in [0, 0.1) is 5.92 Å². The maximum absolute atomic E-state index is 5.25. The molecular formula is C13H20N2O. The Labute approximate surface area is 97.4 Å². The number of rotatable bonds is 2. The molecular weight excluding hydrogens is 200 g/mol. The van der Waals surface area contributed by atoms with Gasteiger partial charge in [0.05, 0.1) is 18.5 Å². The number of ether oxygens (including phenoxy) is 1. The van der Waals surface area contributed by atoms with Crippen molar-refractivity contribution in [2.45, 2.75) is 19.9 Å². The summed E-state index contributed by atoms with van der Waals surface area (Å²) in [5.41, 5.74) is 2.42. The van der Waals surface area contributed by atoms with Crippen molar-refractivity contribution in [3.05, 3.63) is 18.2 Å². The maximum atomic E-state index is 5.25. The van der Waals surface area contributed by atoms with E-state index in [0.29, 0.717) is 12.0 Å². The van der Waals surface area contributed by atoms with Gasteiger partial charge in [0.1, 0.15) is 5.75 Å². The molecule has 0 saturated heterocycles. The zero-order chi connectivity index (χ0) is 11.7. The zero-order valence-corrected chi connectivity index (χ0v) is 10.4. The van der Waals surface area contributed by atoms with Crippen LogP contribution in [0.1, 0.15) is 13.8 Å². The van der Waals surface area contributed by atoms with Gasteiger partial charge in [0.15, 0.2) is 0 Å². The minimum absolute atomic E-state index is 0.504. The van der Waals surface area contributed by atoms with Gasteiger partial charge in [0, 0.05) is 25.7 Å². The van der Waals surface area contributed by atoms with E-state index < -0.39 is 0 Å². The van der Waals surface area contributed by atoms with E-state index in [1.54, 1.807) is 7.11 Å². The Morgan fingerprint density at radius 3 is 2.81 bits per heavy atom. The van der Waals surface area contributed by atoms with Gasteiger partial charge in [0.25, 0.3) is 0 Å². The maximum Gasteiger partial charge on any atom is 0.121 e. The second-order valence-electron chi connectivity index (χ2n) is 4.76. The first-order chi connectivity index (χ1) is 7.61. The molecule has 2 rings (SSSR count). The van der Waals surface area contributed by atoms with E-state index in [1.165, 1.54) is 11.4 Å². The topological polar surface area (TPSA) is 24.5 Å². The monoisotopic (exact) mass is 220 g/mol. The van der Waals surface area contributed by atoms with Gasteiger partial charge in [0.2, 0.25) is 0 Å². The van der Waals surface area contributed by atoms with Crippen LogP contribution in [0.25, 0.3) is 0 Å². The van der Waals surface area contributed by atoms with Crippen molar-refractivity contribution in [1.82, 2.24) is 0 Å². The van der Waals surface area contributed by atoms with Gasteiger partial charge in [-0.1, -0.05) is 13.8 Å². The van der Waals surface area contributed by atoms with E-state index in [0.717, 1.165) is 12.3 Å². The number of nitrogens with one attached hydrogen (secondary N) is 1. The summed E-state index contributed by atoms with van der Waals surface area (Å²) < 4.78 is 5.25. The Morgan fingerprint density at radius 2 is 2.19 bits per heavy atom. The number of nitrogens with zero attached hydrogens (tertiary/aromatic N) is 1. The Morgan fingerprint density at radius 1 is 1.44 bits per heavy atom. The summed E-state index contributed by atoms with van der Waals surface area (Å²) in [5.74, 6) is 1.53. The van der Waals surface area contributed by atoms with E-state index in [9.17, 15) is 0 Å². The summed E-state index contributed by atoms with van der Waals surface area (Å²) in [6, 6.07) is 6.69. The third-order valence-electron chi connectivity index (χ3n) is 3.23. The van der Waals surface area contributed by atoms with Crippen molar-refractivity contribution in [2.75, 3.05) is 30.9 Å². The molecule has 0 aliphatic carbocycles. The lowest BCUT2D eigenvalue weighted by Crippen LogP contribution is -2.42. The number of hydrogen-bond donors (Lipinski definition) is 1. The molecule has 3 heteroatoms. The van der Waals surface area contributed by atoms with Crippen LogP contribution in [0.15, 0.2) is 18.2 Å². The number of hydrogen-bond acceptors (Lipinski definition) is 3. The lowest BCUT2D eigenvalue weighted by Gasteiger charge is -2.37. The van der Waals surface area contributed by atoms with Gasteiger partial charge < -0.3 is 15.0 Å². The second-order valence-corrected chi connectivity index (χ2v) is 4.76. The zero-order valence-electron chi connectivity index (χ0n) is 10.4. The standard InChI is InChI=1S/C13H20N2O/c1-9(2)12-8-15(3)13-6-5-10(16-4)7-11(13)14-12/h5-7,9,12,14H,8H2,1-4H3. The SMILES string of the molecule is COc1ccc2c(c1)NC(C(C)C)CN2C. The van der Waals surface area contributed by atoms with Crippen LogP contribution in [0.2, 0.25) is 0 Å². The Kier molecular flexibility index (Phi) is 2.95. The van der Waals surface area contributed by atoms with E-state index in [2.05, 4.69) is 43.2 Å². The molecule has 1 atom stereocenters. The predicted octanol–water partition coefficient (Wildman–Crippen LogP) is 2.58. The quantitative estimate of drug-likeness (QED) is 0.829. The minimum Gasteiger partial charge on any atom is -0.497 e. The van der Waals surface area contributed by atoms with Crippen molar-refractivity contribution in [2.24, 2.45) is 5.92 Å². The van der Waals surface area contributed by atoms with Crippen LogP contribution in [0.4, 0.5) is 11.4 Å². The first-order valence-electron chi connectivity index (χ1n) is 5.77. The fourth-order valence-electron chi connectivity index (χ4n) is 2.11. The van der Waals surface area contributed by atoms with Gasteiger partial charge in [-0.05, 0) is 18.1 Å². The number of likely N-dealkylation sites (N-methyl/N-ethyl adjacent to an activating group) is 1. The van der Waals surface area contributed by atoms with Crippen LogP contribution in [0.5, 0.6) is 5.75 Å². The normalized spacial score (nSPS) is 19.3. The summed E-state index contributed by atoms with van der Waals surface area (Å²) in [4.78, 5) is 2.30. The van der Waals surface area contributed by atoms with Gasteiger partial charge in [-0.25, -0.2) is 0 Å². The van der Waals surface area contributed by atoms with E-state index in [4.69, 9.17) is 4.74 Å². The highest BCUT2D eigenvalue weighted by Gasteiger charge is 2.23. The van der Waals surface area contributed by atoms with Crippen molar-refractivity contribution >= 4 is 11.4 Å². The molecule has 1 heterocycles. The van der Waals surface area contributed by atoms with Crippen LogP contribution < -0.4 is 15.0 Å². The summed E-state index contributed by atoms with van der Waals surface area (Å²) in [6.07, 6.45) is 0. The summed E-state index contributed by atoms with van der Waals surface area (Å²) in [5, 5.41) is 3.58. The Bertz CT molecular complexity index is 376. The van der Waals surface area contributed by atoms with Crippen LogP contribution in [-0.2, 0) is 0 Å². The predicted molar refractivity (Wildman–Crippen MR) is 68.5 cm³/mol. The van der Waals surface area contributed by atoms with E-state index in [1.807, 2.05) is 6.07 Å². The number of fused-ring (bicyclic) bond motifs is 1. The fraction of sp³-hybridized carbons (Fsp3) is 0.538. The van der Waals surface area contributed by atoms with E-state index >= 15 is 0 Å². The van der Waals surface area contributed by atoms with Crippen LogP contribution >= 0.6 is 0 Å². The van der Waals surface area contributed by atoms with Gasteiger partial charge in [-0.3, -0.25) is 0 Å². The molecule has 88 valence electrons.